The maximum Gasteiger partial charge on any atom is 0.330 e. The summed E-state index contributed by atoms with van der Waals surface area (Å²) in [5.41, 5.74) is 2.30. The molecule has 2 aliphatic rings. The Labute approximate surface area is 242 Å². The number of hydrogen-bond donors (Lipinski definition) is 0. The van der Waals surface area contributed by atoms with Crippen LogP contribution in [0.2, 0.25) is 0 Å². The second-order valence-electron chi connectivity index (χ2n) is 11.2. The van der Waals surface area contributed by atoms with Crippen LogP contribution in [-0.4, -0.2) is 5.78 Å². The molecule has 4 nitrogen and oxygen atoms in total. The Morgan fingerprint density at radius 3 is 1.62 bits per heavy atom. The number of ketones is 1. The first-order valence-electron chi connectivity index (χ1n) is 15.9. The highest BCUT2D eigenvalue weighted by molar-refractivity contribution is 6.23. The van der Waals surface area contributed by atoms with Crippen molar-refractivity contribution in [2.24, 2.45) is 0 Å². The van der Waals surface area contributed by atoms with E-state index < -0.39 is 0 Å². The maximum atomic E-state index is 13.2. The van der Waals surface area contributed by atoms with Crippen molar-refractivity contribution in [3.05, 3.63) is 81.4 Å². The van der Waals surface area contributed by atoms with Gasteiger partial charge < -0.3 is 9.84 Å². The van der Waals surface area contributed by atoms with E-state index >= 15 is 0 Å². The van der Waals surface area contributed by atoms with Crippen LogP contribution in [-0.2, 0) is 22.4 Å². The quantitative estimate of drug-likeness (QED) is 0.104. The number of carbonyl (C=O) groups excluding carboxylic acids is 1. The molecule has 0 unspecified atom stereocenters. The lowest BCUT2D eigenvalue weighted by Gasteiger charge is -2.29. The van der Waals surface area contributed by atoms with Gasteiger partial charge in [-0.05, 0) is 61.1 Å². The normalized spacial score (nSPS) is 16.1. The minimum atomic E-state index is -0.174. The van der Waals surface area contributed by atoms with Gasteiger partial charge in [0.1, 0.15) is 11.5 Å². The molecule has 1 aliphatic heterocycles. The molecule has 0 spiro atoms. The van der Waals surface area contributed by atoms with Gasteiger partial charge in [-0.15, -0.1) is 0 Å². The van der Waals surface area contributed by atoms with Gasteiger partial charge in [0, 0.05) is 36.1 Å². The summed E-state index contributed by atoms with van der Waals surface area (Å²) in [5.74, 6) is 3.39. The fourth-order valence-corrected chi connectivity index (χ4v) is 5.17. The van der Waals surface area contributed by atoms with Crippen molar-refractivity contribution in [2.45, 2.75) is 130 Å². The summed E-state index contributed by atoms with van der Waals surface area (Å²) >= 11 is 0. The molecule has 1 aromatic rings. The highest BCUT2D eigenvalue weighted by Crippen LogP contribution is 2.33. The second-order valence-corrected chi connectivity index (χ2v) is 11.2. The van der Waals surface area contributed by atoms with Gasteiger partial charge in [0.2, 0.25) is 0 Å². The lowest BCUT2D eigenvalue weighted by molar-refractivity contribution is -0.300. The topological polar surface area (TPSA) is 60.7 Å². The minimum Gasteiger partial charge on any atom is -0.871 e. The highest BCUT2D eigenvalue weighted by atomic mass is 16.5. The van der Waals surface area contributed by atoms with Crippen LogP contribution >= 0.6 is 0 Å². The molecule has 3 rings (SSSR count). The van der Waals surface area contributed by atoms with Crippen LogP contribution in [0.5, 0.6) is 0 Å². The molecule has 1 aromatic heterocycles. The van der Waals surface area contributed by atoms with Crippen LogP contribution in [0.3, 0.4) is 0 Å². The van der Waals surface area contributed by atoms with Crippen molar-refractivity contribution >= 4 is 11.9 Å². The zero-order valence-electron chi connectivity index (χ0n) is 25.4. The largest absolute Gasteiger partial charge is 0.871 e. The molecular weight excluding hydrogens is 496 g/mol. The molecule has 0 amide bonds. The monoisotopic (exact) mass is 546 g/mol. The van der Waals surface area contributed by atoms with Crippen LogP contribution in [0.4, 0.5) is 0 Å². The number of carbonyl (C=O) groups is 1. The van der Waals surface area contributed by atoms with Crippen LogP contribution in [0.25, 0.3) is 6.08 Å². The van der Waals surface area contributed by atoms with Gasteiger partial charge in [-0.2, -0.15) is 0 Å². The lowest BCUT2D eigenvalue weighted by atomic mass is 9.85. The van der Waals surface area contributed by atoms with Gasteiger partial charge in [-0.25, -0.2) is 4.42 Å². The van der Waals surface area contributed by atoms with Crippen molar-refractivity contribution in [3.8, 4) is 0 Å². The molecule has 0 saturated heterocycles. The number of unbranched alkanes of at least 4 members (excludes halogenated alkanes) is 8. The van der Waals surface area contributed by atoms with E-state index in [-0.39, 0.29) is 22.7 Å². The summed E-state index contributed by atoms with van der Waals surface area (Å²) in [6.45, 7) is 8.77. The van der Waals surface area contributed by atoms with Gasteiger partial charge in [-0.1, -0.05) is 84.8 Å². The SMILES string of the molecule is CCCCCC1=CC(=CC2=C([O-])C(=Cc3cc(CCCCC)[o+]c(CCCCC)c3)C2=O)C=C(CCCCC)O1. The van der Waals surface area contributed by atoms with Gasteiger partial charge in [-0.3, -0.25) is 4.79 Å². The molecule has 0 saturated carbocycles. The molecule has 1 aliphatic carbocycles. The summed E-state index contributed by atoms with van der Waals surface area (Å²) in [4.78, 5) is 13.2. The van der Waals surface area contributed by atoms with Crippen LogP contribution < -0.4 is 5.11 Å². The molecule has 4 heteroatoms. The van der Waals surface area contributed by atoms with Crippen LogP contribution in [0.15, 0.2) is 68.8 Å². The molecule has 218 valence electrons. The van der Waals surface area contributed by atoms with E-state index in [9.17, 15) is 9.90 Å². The zero-order valence-corrected chi connectivity index (χ0v) is 25.4. The standard InChI is InChI=1S/C36H50O4/c1-5-9-13-17-29-21-27(22-30(39-29)18-14-10-6-2)25-33-35(37)34(36(33)38)26-28-23-31(19-15-11-7-3)40-32(24-28)20-16-12-8-4/h21-26H,5-20H2,1-4H3. The Bertz CT molecular complexity index is 1090. The average Bonchev–Trinajstić information content (AvgIpc) is 2.95. The number of hydrogen-bond acceptors (Lipinski definition) is 3. The molecule has 0 radical (unpaired) electrons. The molecule has 0 N–H and O–H groups in total. The van der Waals surface area contributed by atoms with Crippen LogP contribution in [0.1, 0.15) is 135 Å². The van der Waals surface area contributed by atoms with Crippen LogP contribution in [0, 0.1) is 0 Å². The molecule has 0 bridgehead atoms. The third kappa shape index (κ3) is 9.64. The molecule has 40 heavy (non-hydrogen) atoms. The Morgan fingerprint density at radius 1 is 0.700 bits per heavy atom. The molecule has 0 atom stereocenters. The third-order valence-corrected chi connectivity index (χ3v) is 7.54. The van der Waals surface area contributed by atoms with E-state index in [1.165, 1.54) is 0 Å². The van der Waals surface area contributed by atoms with Crippen molar-refractivity contribution in [1.29, 1.82) is 0 Å². The van der Waals surface area contributed by atoms with E-state index in [4.69, 9.17) is 9.15 Å². The zero-order chi connectivity index (χ0) is 28.7. The fraction of sp³-hybridized carbons (Fsp3) is 0.556. The summed E-state index contributed by atoms with van der Waals surface area (Å²) in [6.07, 6.45) is 24.5. The lowest BCUT2D eigenvalue weighted by Crippen LogP contribution is -2.29. The molecule has 2 heterocycles. The summed E-state index contributed by atoms with van der Waals surface area (Å²) in [7, 11) is 0. The Hall–Kier alpha value is -2.88. The van der Waals surface area contributed by atoms with Crippen molar-refractivity contribution in [2.75, 3.05) is 0 Å². The smallest absolute Gasteiger partial charge is 0.330 e. The third-order valence-electron chi connectivity index (χ3n) is 7.54. The number of aryl methyl sites for hydroxylation is 2. The van der Waals surface area contributed by atoms with Crippen molar-refractivity contribution in [1.82, 2.24) is 0 Å². The number of ether oxygens (including phenoxy) is 1. The summed E-state index contributed by atoms with van der Waals surface area (Å²) in [5, 5.41) is 13.2. The first kappa shape index (κ1) is 31.6. The maximum absolute atomic E-state index is 13.2. The predicted molar refractivity (Wildman–Crippen MR) is 163 cm³/mol. The summed E-state index contributed by atoms with van der Waals surface area (Å²) in [6, 6.07) is 4.00. The van der Waals surface area contributed by atoms with Gasteiger partial charge in [0.15, 0.2) is 5.78 Å². The Morgan fingerprint density at radius 2 is 1.18 bits per heavy atom. The first-order valence-corrected chi connectivity index (χ1v) is 15.9. The Balaban J connectivity index is 1.85. The highest BCUT2D eigenvalue weighted by Gasteiger charge is 2.27. The second kappa shape index (κ2) is 17.0. The van der Waals surface area contributed by atoms with Gasteiger partial charge in [0.25, 0.3) is 0 Å². The first-order chi connectivity index (χ1) is 19.5. The fourth-order valence-electron chi connectivity index (χ4n) is 5.17. The van der Waals surface area contributed by atoms with Gasteiger partial charge in [0.05, 0.1) is 12.8 Å². The predicted octanol–water partition coefficient (Wildman–Crippen LogP) is 9.49. The minimum absolute atomic E-state index is 0.174. The average molecular weight is 547 g/mol. The molecule has 0 fully saturated rings. The Kier molecular flexibility index (Phi) is 13.5. The molecular formula is C36H50O4. The van der Waals surface area contributed by atoms with E-state index in [0.29, 0.717) is 0 Å². The van der Waals surface area contributed by atoms with E-state index in [1.54, 1.807) is 12.2 Å². The van der Waals surface area contributed by atoms with Crippen molar-refractivity contribution in [3.63, 3.8) is 0 Å². The van der Waals surface area contributed by atoms with E-state index in [0.717, 1.165) is 137 Å². The van der Waals surface area contributed by atoms with E-state index in [2.05, 4.69) is 27.7 Å². The molecule has 0 aromatic carbocycles. The number of Topliss-reactive ketones (excluding diaryl/α,β-unsaturated/α-hetero) is 1. The number of rotatable bonds is 18. The van der Waals surface area contributed by atoms with Gasteiger partial charge >= 0.3 is 11.5 Å². The van der Waals surface area contributed by atoms with E-state index in [1.807, 2.05) is 24.3 Å². The summed E-state index contributed by atoms with van der Waals surface area (Å²) < 4.78 is 12.3. The number of allylic oxidation sites excluding steroid dienone is 8. The van der Waals surface area contributed by atoms with Crippen molar-refractivity contribution < 1.29 is 19.1 Å².